The molecule has 0 aromatic heterocycles. The highest BCUT2D eigenvalue weighted by Gasteiger charge is 2.30. The van der Waals surface area contributed by atoms with E-state index in [0.717, 1.165) is 25.2 Å². The van der Waals surface area contributed by atoms with Crippen molar-refractivity contribution in [3.63, 3.8) is 0 Å². The number of ether oxygens (including phenoxy) is 2. The zero-order chi connectivity index (χ0) is 13.1. The van der Waals surface area contributed by atoms with Gasteiger partial charge >= 0.3 is 0 Å². The van der Waals surface area contributed by atoms with Gasteiger partial charge in [-0.3, -0.25) is 0 Å². The maximum atomic E-state index is 5.77. The zero-order valence-electron chi connectivity index (χ0n) is 11.1. The van der Waals surface area contributed by atoms with Gasteiger partial charge in [0.05, 0.1) is 13.2 Å². The summed E-state index contributed by atoms with van der Waals surface area (Å²) in [5.41, 5.74) is 3.51. The molecule has 0 amide bonds. The van der Waals surface area contributed by atoms with E-state index in [1.807, 2.05) is 13.0 Å². The minimum atomic E-state index is -0.590. The molecule has 0 unspecified atom stereocenters. The summed E-state index contributed by atoms with van der Waals surface area (Å²) in [6.07, 6.45) is 0.970. The van der Waals surface area contributed by atoms with E-state index >= 15 is 0 Å². The first kappa shape index (κ1) is 12.4. The second kappa shape index (κ2) is 5.16. The highest BCUT2D eigenvalue weighted by Crippen LogP contribution is 2.31. The van der Waals surface area contributed by atoms with Crippen molar-refractivity contribution in [2.24, 2.45) is 0 Å². The van der Waals surface area contributed by atoms with Gasteiger partial charge in [0.15, 0.2) is 5.79 Å². The predicted molar refractivity (Wildman–Crippen MR) is 75.8 cm³/mol. The lowest BCUT2D eigenvalue weighted by Gasteiger charge is -2.34. The summed E-state index contributed by atoms with van der Waals surface area (Å²) in [4.78, 5) is 0. The monoisotopic (exact) mass is 254 g/mol. The Morgan fingerprint density at radius 1 is 0.789 bits per heavy atom. The third-order valence-corrected chi connectivity index (χ3v) is 3.56. The number of rotatable bonds is 2. The van der Waals surface area contributed by atoms with Gasteiger partial charge in [-0.15, -0.1) is 0 Å². The summed E-state index contributed by atoms with van der Waals surface area (Å²) in [6, 6.07) is 18.8. The third kappa shape index (κ3) is 2.55. The number of hydrogen-bond acceptors (Lipinski definition) is 2. The molecule has 0 bridgehead atoms. The first-order valence-electron chi connectivity index (χ1n) is 6.72. The van der Waals surface area contributed by atoms with Crippen LogP contribution in [-0.4, -0.2) is 13.2 Å². The van der Waals surface area contributed by atoms with E-state index in [1.54, 1.807) is 0 Å². The summed E-state index contributed by atoms with van der Waals surface area (Å²) in [6.45, 7) is 3.51. The summed E-state index contributed by atoms with van der Waals surface area (Å²) >= 11 is 0. The van der Waals surface area contributed by atoms with E-state index in [2.05, 4.69) is 48.5 Å². The predicted octanol–water partition coefficient (Wildman–Crippen LogP) is 3.96. The smallest absolute Gasteiger partial charge is 0.191 e. The number of hydrogen-bond donors (Lipinski definition) is 0. The van der Waals surface area contributed by atoms with Gasteiger partial charge in [0, 0.05) is 5.56 Å². The third-order valence-electron chi connectivity index (χ3n) is 3.56. The molecular weight excluding hydrogens is 236 g/mol. The average molecular weight is 254 g/mol. The lowest BCUT2D eigenvalue weighted by molar-refractivity contribution is -0.264. The van der Waals surface area contributed by atoms with Gasteiger partial charge in [-0.25, -0.2) is 0 Å². The van der Waals surface area contributed by atoms with Crippen molar-refractivity contribution in [3.8, 4) is 11.1 Å². The second-order valence-corrected chi connectivity index (χ2v) is 4.94. The van der Waals surface area contributed by atoms with Gasteiger partial charge in [0.1, 0.15) is 0 Å². The van der Waals surface area contributed by atoms with Gasteiger partial charge in [0.2, 0.25) is 0 Å². The first-order chi connectivity index (χ1) is 9.28. The molecule has 0 aliphatic carbocycles. The SMILES string of the molecule is CC1(c2ccc(-c3ccccc3)cc2)OCCCO1. The topological polar surface area (TPSA) is 18.5 Å². The van der Waals surface area contributed by atoms with Crippen LogP contribution in [0, 0.1) is 0 Å². The fraction of sp³-hybridized carbons (Fsp3) is 0.294. The Bertz CT molecular complexity index is 525. The van der Waals surface area contributed by atoms with E-state index in [9.17, 15) is 0 Å². The molecule has 1 fully saturated rings. The Morgan fingerprint density at radius 2 is 1.37 bits per heavy atom. The Balaban J connectivity index is 1.87. The lowest BCUT2D eigenvalue weighted by atomic mass is 10.0. The molecule has 2 heteroatoms. The highest BCUT2D eigenvalue weighted by atomic mass is 16.7. The van der Waals surface area contributed by atoms with Gasteiger partial charge < -0.3 is 9.47 Å². The highest BCUT2D eigenvalue weighted by molar-refractivity contribution is 5.63. The molecule has 2 aromatic carbocycles. The van der Waals surface area contributed by atoms with E-state index in [1.165, 1.54) is 11.1 Å². The van der Waals surface area contributed by atoms with Crippen LogP contribution in [0.1, 0.15) is 18.9 Å². The maximum absolute atomic E-state index is 5.77. The summed E-state index contributed by atoms with van der Waals surface area (Å²) in [5.74, 6) is -0.590. The van der Waals surface area contributed by atoms with Crippen molar-refractivity contribution in [3.05, 3.63) is 60.2 Å². The van der Waals surface area contributed by atoms with Crippen LogP contribution < -0.4 is 0 Å². The van der Waals surface area contributed by atoms with Crippen molar-refractivity contribution in [2.75, 3.05) is 13.2 Å². The van der Waals surface area contributed by atoms with Crippen LogP contribution in [-0.2, 0) is 15.3 Å². The van der Waals surface area contributed by atoms with Crippen LogP contribution in [0.15, 0.2) is 54.6 Å². The average Bonchev–Trinajstić information content (AvgIpc) is 2.49. The standard InChI is InChI=1S/C17H18O2/c1-17(18-12-5-13-19-17)16-10-8-15(9-11-16)14-6-3-2-4-7-14/h2-4,6-11H,5,12-13H2,1H3. The fourth-order valence-corrected chi connectivity index (χ4v) is 2.40. The lowest BCUT2D eigenvalue weighted by Crippen LogP contribution is -2.34. The minimum absolute atomic E-state index is 0.590. The van der Waals surface area contributed by atoms with Crippen LogP contribution in [0.5, 0.6) is 0 Å². The van der Waals surface area contributed by atoms with Crippen molar-refractivity contribution in [1.82, 2.24) is 0 Å². The van der Waals surface area contributed by atoms with Gasteiger partial charge in [0.25, 0.3) is 0 Å². The molecule has 1 aliphatic heterocycles. The molecule has 2 aromatic rings. The van der Waals surface area contributed by atoms with Crippen molar-refractivity contribution < 1.29 is 9.47 Å². The molecule has 1 saturated heterocycles. The Morgan fingerprint density at radius 3 is 2.00 bits per heavy atom. The van der Waals surface area contributed by atoms with E-state index in [4.69, 9.17) is 9.47 Å². The number of benzene rings is 2. The molecule has 0 saturated carbocycles. The van der Waals surface area contributed by atoms with Crippen molar-refractivity contribution in [2.45, 2.75) is 19.1 Å². The molecule has 19 heavy (non-hydrogen) atoms. The molecule has 0 atom stereocenters. The second-order valence-electron chi connectivity index (χ2n) is 4.94. The van der Waals surface area contributed by atoms with Crippen LogP contribution in [0.25, 0.3) is 11.1 Å². The van der Waals surface area contributed by atoms with Gasteiger partial charge in [-0.2, -0.15) is 0 Å². The minimum Gasteiger partial charge on any atom is -0.346 e. The Labute approximate surface area is 114 Å². The van der Waals surface area contributed by atoms with E-state index in [-0.39, 0.29) is 0 Å². The Hall–Kier alpha value is -1.64. The molecule has 0 radical (unpaired) electrons. The van der Waals surface area contributed by atoms with Crippen molar-refractivity contribution in [1.29, 1.82) is 0 Å². The molecule has 1 aliphatic rings. The fourth-order valence-electron chi connectivity index (χ4n) is 2.40. The van der Waals surface area contributed by atoms with E-state index in [0.29, 0.717) is 0 Å². The maximum Gasteiger partial charge on any atom is 0.191 e. The molecule has 1 heterocycles. The molecular formula is C17H18O2. The summed E-state index contributed by atoms with van der Waals surface area (Å²) < 4.78 is 11.5. The van der Waals surface area contributed by atoms with Gasteiger partial charge in [-0.05, 0) is 24.5 Å². The molecule has 0 spiro atoms. The Kier molecular flexibility index (Phi) is 3.36. The van der Waals surface area contributed by atoms with Gasteiger partial charge in [-0.1, -0.05) is 54.6 Å². The van der Waals surface area contributed by atoms with Crippen LogP contribution in [0.4, 0.5) is 0 Å². The molecule has 98 valence electrons. The first-order valence-corrected chi connectivity index (χ1v) is 6.72. The van der Waals surface area contributed by atoms with E-state index < -0.39 is 5.79 Å². The van der Waals surface area contributed by atoms with Crippen molar-refractivity contribution >= 4 is 0 Å². The normalized spacial score (nSPS) is 18.2. The molecule has 2 nitrogen and oxygen atoms in total. The largest absolute Gasteiger partial charge is 0.346 e. The molecule has 0 N–H and O–H groups in total. The van der Waals surface area contributed by atoms with Crippen LogP contribution in [0.3, 0.4) is 0 Å². The zero-order valence-corrected chi connectivity index (χ0v) is 11.1. The molecule has 3 rings (SSSR count). The van der Waals surface area contributed by atoms with Crippen LogP contribution in [0.2, 0.25) is 0 Å². The quantitative estimate of drug-likeness (QED) is 0.807. The summed E-state index contributed by atoms with van der Waals surface area (Å²) in [5, 5.41) is 0. The summed E-state index contributed by atoms with van der Waals surface area (Å²) in [7, 11) is 0. The van der Waals surface area contributed by atoms with Crippen LogP contribution >= 0.6 is 0 Å².